The Morgan fingerprint density at radius 3 is 3.12 bits per heavy atom. The molecule has 0 aromatic heterocycles. The maximum absolute atomic E-state index is 9.08. The summed E-state index contributed by atoms with van der Waals surface area (Å²) in [6.45, 7) is 2.29. The largest absolute Gasteiger partial charge is 0.489 e. The summed E-state index contributed by atoms with van der Waals surface area (Å²) >= 11 is 0. The topological polar surface area (TPSA) is 29.5 Å². The van der Waals surface area contributed by atoms with Crippen LogP contribution in [-0.2, 0) is 6.42 Å². The molecule has 1 aliphatic carbocycles. The molecule has 1 aromatic rings. The van der Waals surface area contributed by atoms with Crippen LogP contribution < -0.4 is 4.74 Å². The molecule has 1 N–H and O–H groups in total. The first kappa shape index (κ1) is 9.91. The zero-order valence-electron chi connectivity index (χ0n) is 9.44. The standard InChI is InChI=1S/C14H16O2/c1-9-7-10(5-6-15)14-12(8-9)11-3-2-4-13(11)16-14/h2-3,7-8,11,13,15H,4-6H2,1H3. The fourth-order valence-corrected chi connectivity index (χ4v) is 2.78. The number of ether oxygens (including phenoxy) is 1. The van der Waals surface area contributed by atoms with Gasteiger partial charge in [-0.15, -0.1) is 0 Å². The van der Waals surface area contributed by atoms with Gasteiger partial charge in [0.25, 0.3) is 0 Å². The lowest BCUT2D eigenvalue weighted by atomic mass is 9.94. The van der Waals surface area contributed by atoms with Gasteiger partial charge in [-0.2, -0.15) is 0 Å². The van der Waals surface area contributed by atoms with E-state index >= 15 is 0 Å². The van der Waals surface area contributed by atoms with Crippen LogP contribution in [0.4, 0.5) is 0 Å². The summed E-state index contributed by atoms with van der Waals surface area (Å²) in [6, 6.07) is 4.34. The lowest BCUT2D eigenvalue weighted by Crippen LogP contribution is -2.12. The molecule has 2 aliphatic rings. The van der Waals surface area contributed by atoms with Crippen molar-refractivity contribution < 1.29 is 9.84 Å². The van der Waals surface area contributed by atoms with Gasteiger partial charge in [0.1, 0.15) is 11.9 Å². The molecule has 2 unspecified atom stereocenters. The predicted octanol–water partition coefficient (Wildman–Crippen LogP) is 2.33. The molecule has 0 bridgehead atoms. The molecule has 1 heterocycles. The van der Waals surface area contributed by atoms with E-state index in [1.54, 1.807) is 0 Å². The van der Waals surface area contributed by atoms with Crippen molar-refractivity contribution in [1.82, 2.24) is 0 Å². The van der Waals surface area contributed by atoms with Crippen LogP contribution in [-0.4, -0.2) is 17.8 Å². The van der Waals surface area contributed by atoms with Gasteiger partial charge in [0.05, 0.1) is 0 Å². The summed E-state index contributed by atoms with van der Waals surface area (Å²) in [5, 5.41) is 9.08. The van der Waals surface area contributed by atoms with E-state index in [1.807, 2.05) is 0 Å². The summed E-state index contributed by atoms with van der Waals surface area (Å²) in [4.78, 5) is 0. The fourth-order valence-electron chi connectivity index (χ4n) is 2.78. The average molecular weight is 216 g/mol. The Hall–Kier alpha value is -1.28. The molecule has 0 saturated heterocycles. The summed E-state index contributed by atoms with van der Waals surface area (Å²) in [6.07, 6.45) is 6.45. The van der Waals surface area contributed by atoms with E-state index in [-0.39, 0.29) is 6.61 Å². The maximum atomic E-state index is 9.08. The second kappa shape index (κ2) is 3.63. The first-order valence-corrected chi connectivity index (χ1v) is 5.87. The zero-order chi connectivity index (χ0) is 11.1. The highest BCUT2D eigenvalue weighted by Crippen LogP contribution is 2.45. The van der Waals surface area contributed by atoms with E-state index in [0.29, 0.717) is 18.4 Å². The molecule has 2 heteroatoms. The highest BCUT2D eigenvalue weighted by molar-refractivity contribution is 5.52. The molecule has 1 aromatic carbocycles. The third-order valence-electron chi connectivity index (χ3n) is 3.46. The molecule has 0 saturated carbocycles. The van der Waals surface area contributed by atoms with Crippen molar-refractivity contribution in [1.29, 1.82) is 0 Å². The van der Waals surface area contributed by atoms with Crippen molar-refractivity contribution >= 4 is 0 Å². The summed E-state index contributed by atoms with van der Waals surface area (Å²) < 4.78 is 6.00. The van der Waals surface area contributed by atoms with Crippen molar-refractivity contribution in [3.8, 4) is 5.75 Å². The molecule has 2 atom stereocenters. The van der Waals surface area contributed by atoms with Crippen molar-refractivity contribution in [2.75, 3.05) is 6.61 Å². The first-order valence-electron chi connectivity index (χ1n) is 5.87. The number of hydrogen-bond acceptors (Lipinski definition) is 2. The molecule has 0 spiro atoms. The van der Waals surface area contributed by atoms with Crippen molar-refractivity contribution in [3.63, 3.8) is 0 Å². The molecule has 2 nitrogen and oxygen atoms in total. The molecule has 84 valence electrons. The van der Waals surface area contributed by atoms with E-state index in [4.69, 9.17) is 9.84 Å². The van der Waals surface area contributed by atoms with Gasteiger partial charge in [-0.3, -0.25) is 0 Å². The zero-order valence-corrected chi connectivity index (χ0v) is 9.44. The van der Waals surface area contributed by atoms with Crippen LogP contribution in [0, 0.1) is 6.92 Å². The number of benzene rings is 1. The minimum atomic E-state index is 0.185. The first-order chi connectivity index (χ1) is 7.79. The van der Waals surface area contributed by atoms with Crippen LogP contribution in [0.5, 0.6) is 5.75 Å². The van der Waals surface area contributed by atoms with Gasteiger partial charge in [-0.05, 0) is 18.9 Å². The highest BCUT2D eigenvalue weighted by atomic mass is 16.5. The molecule has 0 amide bonds. The quantitative estimate of drug-likeness (QED) is 0.769. The van der Waals surface area contributed by atoms with Crippen molar-refractivity contribution in [2.24, 2.45) is 0 Å². The Bertz CT molecular complexity index is 448. The summed E-state index contributed by atoms with van der Waals surface area (Å²) in [5.41, 5.74) is 3.72. The highest BCUT2D eigenvalue weighted by Gasteiger charge is 2.36. The van der Waals surface area contributed by atoms with Crippen LogP contribution in [0.2, 0.25) is 0 Å². The Morgan fingerprint density at radius 1 is 1.44 bits per heavy atom. The minimum absolute atomic E-state index is 0.185. The maximum Gasteiger partial charge on any atom is 0.127 e. The minimum Gasteiger partial charge on any atom is -0.489 e. The van der Waals surface area contributed by atoms with Gasteiger partial charge in [0.15, 0.2) is 0 Å². The van der Waals surface area contributed by atoms with Crippen LogP contribution in [0.3, 0.4) is 0 Å². The molecule has 16 heavy (non-hydrogen) atoms. The summed E-state index contributed by atoms with van der Waals surface area (Å²) in [7, 11) is 0. The van der Waals surface area contributed by atoms with Crippen molar-refractivity contribution in [3.05, 3.63) is 41.0 Å². The number of fused-ring (bicyclic) bond motifs is 3. The van der Waals surface area contributed by atoms with Gasteiger partial charge in [0, 0.05) is 24.5 Å². The van der Waals surface area contributed by atoms with E-state index in [2.05, 4.69) is 31.2 Å². The van der Waals surface area contributed by atoms with Crippen LogP contribution in [0.25, 0.3) is 0 Å². The molecule has 0 fully saturated rings. The van der Waals surface area contributed by atoms with Gasteiger partial charge in [0.2, 0.25) is 0 Å². The fraction of sp³-hybridized carbons (Fsp3) is 0.429. The number of rotatable bonds is 2. The molecule has 3 rings (SSSR count). The predicted molar refractivity (Wildman–Crippen MR) is 62.9 cm³/mol. The molecular weight excluding hydrogens is 200 g/mol. The molecule has 0 radical (unpaired) electrons. The third kappa shape index (κ3) is 1.37. The second-order valence-electron chi connectivity index (χ2n) is 4.66. The van der Waals surface area contributed by atoms with Crippen molar-refractivity contribution in [2.45, 2.75) is 31.8 Å². The Kier molecular flexibility index (Phi) is 2.25. The average Bonchev–Trinajstić information content (AvgIpc) is 2.79. The lowest BCUT2D eigenvalue weighted by molar-refractivity contribution is 0.228. The normalized spacial score (nSPS) is 25.4. The lowest BCUT2D eigenvalue weighted by Gasteiger charge is -2.10. The number of aliphatic hydroxyl groups excluding tert-OH is 1. The van der Waals surface area contributed by atoms with E-state index in [9.17, 15) is 0 Å². The van der Waals surface area contributed by atoms with Gasteiger partial charge < -0.3 is 9.84 Å². The molecule has 1 aliphatic heterocycles. The second-order valence-corrected chi connectivity index (χ2v) is 4.66. The van der Waals surface area contributed by atoms with E-state index < -0.39 is 0 Å². The van der Waals surface area contributed by atoms with Gasteiger partial charge >= 0.3 is 0 Å². The third-order valence-corrected chi connectivity index (χ3v) is 3.46. The van der Waals surface area contributed by atoms with E-state index in [0.717, 1.165) is 17.7 Å². The number of hydrogen-bond donors (Lipinski definition) is 1. The monoisotopic (exact) mass is 216 g/mol. The van der Waals surface area contributed by atoms with E-state index in [1.165, 1.54) is 11.1 Å². The van der Waals surface area contributed by atoms with Crippen LogP contribution >= 0.6 is 0 Å². The van der Waals surface area contributed by atoms with Crippen LogP contribution in [0.15, 0.2) is 24.3 Å². The number of aliphatic hydroxyl groups is 1. The summed E-state index contributed by atoms with van der Waals surface area (Å²) in [5.74, 6) is 1.46. The molecular formula is C14H16O2. The smallest absolute Gasteiger partial charge is 0.127 e. The Labute approximate surface area is 95.6 Å². The number of aryl methyl sites for hydroxylation is 1. The van der Waals surface area contributed by atoms with Gasteiger partial charge in [-0.1, -0.05) is 29.8 Å². The Balaban J connectivity index is 2.09. The van der Waals surface area contributed by atoms with Crippen LogP contribution in [0.1, 0.15) is 29.0 Å². The Morgan fingerprint density at radius 2 is 2.31 bits per heavy atom. The SMILES string of the molecule is Cc1cc(CCO)c2c(c1)C1C=CCC1O2. The van der Waals surface area contributed by atoms with Gasteiger partial charge in [-0.25, -0.2) is 0 Å².